The summed E-state index contributed by atoms with van der Waals surface area (Å²) in [5, 5.41) is 7.10. The molecule has 1 amide bonds. The predicted octanol–water partition coefficient (Wildman–Crippen LogP) is 2.58. The molecule has 30 heavy (non-hydrogen) atoms. The minimum Gasteiger partial charge on any atom is -0.497 e. The van der Waals surface area contributed by atoms with E-state index in [0.29, 0.717) is 12.3 Å². The molecule has 1 aromatic heterocycles. The number of aromatic nitrogens is 2. The smallest absolute Gasteiger partial charge is 0.275 e. The average Bonchev–Trinajstić information content (AvgIpc) is 2.75. The van der Waals surface area contributed by atoms with E-state index in [2.05, 4.69) is 10.4 Å². The fourth-order valence-corrected chi connectivity index (χ4v) is 3.10. The fourth-order valence-electron chi connectivity index (χ4n) is 3.10. The van der Waals surface area contributed by atoms with Crippen LogP contribution in [0.4, 0.5) is 0 Å². The summed E-state index contributed by atoms with van der Waals surface area (Å²) in [6.07, 6.45) is 1.54. The minimum atomic E-state index is -0.498. The molecule has 0 unspecified atom stereocenters. The number of carbonyl (C=O) groups excluding carboxylic acids is 1. The van der Waals surface area contributed by atoms with E-state index < -0.39 is 11.3 Å². The summed E-state index contributed by atoms with van der Waals surface area (Å²) in [4.78, 5) is 27.0. The molecule has 1 atom stereocenters. The highest BCUT2D eigenvalue weighted by Crippen LogP contribution is 2.18. The van der Waals surface area contributed by atoms with Gasteiger partial charge in [-0.1, -0.05) is 29.8 Å². The van der Waals surface area contributed by atoms with Crippen LogP contribution in [0, 0.1) is 6.92 Å². The molecule has 0 bridgehead atoms. The van der Waals surface area contributed by atoms with Crippen molar-refractivity contribution >= 4 is 5.91 Å². The molecular weight excluding hydrogens is 380 g/mol. The lowest BCUT2D eigenvalue weighted by Gasteiger charge is -2.25. The van der Waals surface area contributed by atoms with Gasteiger partial charge in [0.15, 0.2) is 5.69 Å². The summed E-state index contributed by atoms with van der Waals surface area (Å²) in [5.74, 6) is 0.213. The van der Waals surface area contributed by atoms with Crippen LogP contribution in [0.3, 0.4) is 0 Å². The monoisotopic (exact) mass is 406 g/mol. The van der Waals surface area contributed by atoms with E-state index in [-0.39, 0.29) is 11.7 Å². The molecule has 0 aliphatic carbocycles. The Bertz CT molecular complexity index is 1060. The van der Waals surface area contributed by atoms with Crippen LogP contribution in [-0.4, -0.2) is 48.3 Å². The maximum Gasteiger partial charge on any atom is 0.275 e. The molecular formula is C23H26N4O3. The predicted molar refractivity (Wildman–Crippen MR) is 116 cm³/mol. The summed E-state index contributed by atoms with van der Waals surface area (Å²) in [7, 11) is 5.49. The zero-order valence-electron chi connectivity index (χ0n) is 17.6. The van der Waals surface area contributed by atoms with E-state index in [0.717, 1.165) is 11.3 Å². The van der Waals surface area contributed by atoms with Gasteiger partial charge in [-0.15, -0.1) is 0 Å². The number of benzene rings is 2. The summed E-state index contributed by atoms with van der Waals surface area (Å²) in [5.41, 5.74) is 2.41. The molecule has 0 aliphatic heterocycles. The van der Waals surface area contributed by atoms with Gasteiger partial charge in [-0.3, -0.25) is 9.59 Å². The number of hydrogen-bond donors (Lipinski definition) is 1. The number of carbonyl (C=O) groups is 1. The van der Waals surface area contributed by atoms with Crippen molar-refractivity contribution in [1.82, 2.24) is 20.0 Å². The van der Waals surface area contributed by atoms with Gasteiger partial charge in [-0.25, -0.2) is 4.68 Å². The summed E-state index contributed by atoms with van der Waals surface area (Å²) in [6, 6.07) is 16.7. The van der Waals surface area contributed by atoms with Crippen molar-refractivity contribution in [3.8, 4) is 11.4 Å². The number of ether oxygens (including phenoxy) is 1. The highest BCUT2D eigenvalue weighted by molar-refractivity contribution is 5.92. The zero-order chi connectivity index (χ0) is 21.7. The van der Waals surface area contributed by atoms with Crippen LogP contribution in [0.5, 0.6) is 5.75 Å². The van der Waals surface area contributed by atoms with Crippen LogP contribution in [0.1, 0.15) is 27.7 Å². The molecule has 0 spiro atoms. The molecule has 2 aromatic carbocycles. The number of rotatable bonds is 7. The molecule has 156 valence electrons. The molecule has 0 aliphatic rings. The summed E-state index contributed by atoms with van der Waals surface area (Å²) < 4.78 is 6.65. The SMILES string of the molecule is COc1ccc(-n2ccc(=O)c(C(=O)NC[C@@H](c3ccc(C)cc3)N(C)C)n2)cc1. The fraction of sp³-hybridized carbons (Fsp3) is 0.261. The maximum absolute atomic E-state index is 12.7. The third kappa shape index (κ3) is 4.93. The molecule has 1 heterocycles. The van der Waals surface area contributed by atoms with Crippen LogP contribution in [-0.2, 0) is 0 Å². The van der Waals surface area contributed by atoms with Gasteiger partial charge in [0, 0.05) is 18.8 Å². The van der Waals surface area contributed by atoms with Crippen molar-refractivity contribution in [1.29, 1.82) is 0 Å². The van der Waals surface area contributed by atoms with Crippen LogP contribution in [0.2, 0.25) is 0 Å². The number of amides is 1. The standard InChI is InChI=1S/C23H26N4O3/c1-16-5-7-17(8-6-16)20(26(2)3)15-24-23(29)22-21(28)13-14-27(25-22)18-9-11-19(30-4)12-10-18/h5-14,20H,15H2,1-4H3,(H,24,29)/t20-/m0/s1. The number of nitrogens with zero attached hydrogens (tertiary/aromatic N) is 3. The van der Waals surface area contributed by atoms with E-state index in [1.54, 1.807) is 31.4 Å². The van der Waals surface area contributed by atoms with Crippen LogP contribution < -0.4 is 15.5 Å². The van der Waals surface area contributed by atoms with Gasteiger partial charge < -0.3 is 15.0 Å². The van der Waals surface area contributed by atoms with Gasteiger partial charge in [0.2, 0.25) is 5.43 Å². The summed E-state index contributed by atoms with van der Waals surface area (Å²) >= 11 is 0. The Morgan fingerprint density at radius 3 is 2.37 bits per heavy atom. The van der Waals surface area contributed by atoms with Crippen molar-refractivity contribution in [3.05, 3.63) is 87.8 Å². The first kappa shape index (κ1) is 21.3. The largest absolute Gasteiger partial charge is 0.497 e. The van der Waals surface area contributed by atoms with Crippen molar-refractivity contribution in [2.24, 2.45) is 0 Å². The Morgan fingerprint density at radius 2 is 1.77 bits per heavy atom. The topological polar surface area (TPSA) is 76.5 Å². The molecule has 0 radical (unpaired) electrons. The molecule has 0 saturated heterocycles. The van der Waals surface area contributed by atoms with Gasteiger partial charge in [-0.05, 0) is 50.8 Å². The Labute approximate surface area is 175 Å². The molecule has 0 saturated carbocycles. The van der Waals surface area contributed by atoms with Gasteiger partial charge >= 0.3 is 0 Å². The number of likely N-dealkylation sites (N-methyl/N-ethyl adjacent to an activating group) is 1. The number of hydrogen-bond acceptors (Lipinski definition) is 5. The van der Waals surface area contributed by atoms with Crippen molar-refractivity contribution < 1.29 is 9.53 Å². The second-order valence-electron chi connectivity index (χ2n) is 7.27. The molecule has 7 heteroatoms. The Hall–Kier alpha value is -3.45. The highest BCUT2D eigenvalue weighted by atomic mass is 16.5. The number of nitrogens with one attached hydrogen (secondary N) is 1. The lowest BCUT2D eigenvalue weighted by molar-refractivity contribution is 0.0934. The lowest BCUT2D eigenvalue weighted by atomic mass is 10.0. The summed E-state index contributed by atoms with van der Waals surface area (Å²) in [6.45, 7) is 2.39. The molecule has 0 fully saturated rings. The van der Waals surface area contributed by atoms with E-state index in [1.807, 2.05) is 50.2 Å². The van der Waals surface area contributed by atoms with Gasteiger partial charge in [-0.2, -0.15) is 5.10 Å². The molecule has 7 nitrogen and oxygen atoms in total. The van der Waals surface area contributed by atoms with Crippen molar-refractivity contribution in [2.75, 3.05) is 27.7 Å². The van der Waals surface area contributed by atoms with Crippen LogP contribution in [0.25, 0.3) is 5.69 Å². The third-order valence-corrected chi connectivity index (χ3v) is 4.90. The van der Waals surface area contributed by atoms with Crippen molar-refractivity contribution in [3.63, 3.8) is 0 Å². The number of aryl methyl sites for hydroxylation is 1. The normalized spacial score (nSPS) is 11.9. The highest BCUT2D eigenvalue weighted by Gasteiger charge is 2.18. The number of methoxy groups -OCH3 is 1. The van der Waals surface area contributed by atoms with E-state index in [4.69, 9.17) is 4.74 Å². The van der Waals surface area contributed by atoms with Crippen LogP contribution in [0.15, 0.2) is 65.6 Å². The van der Waals surface area contributed by atoms with Gasteiger partial charge in [0.1, 0.15) is 5.75 Å². The molecule has 3 rings (SSSR count). The minimum absolute atomic E-state index is 0.0259. The Kier molecular flexibility index (Phi) is 6.64. The zero-order valence-corrected chi connectivity index (χ0v) is 17.6. The first-order valence-corrected chi connectivity index (χ1v) is 9.64. The molecule has 3 aromatic rings. The van der Waals surface area contributed by atoms with Gasteiger partial charge in [0.05, 0.1) is 18.8 Å². The Balaban J connectivity index is 1.78. The molecule has 1 N–H and O–H groups in total. The van der Waals surface area contributed by atoms with E-state index in [1.165, 1.54) is 22.5 Å². The van der Waals surface area contributed by atoms with E-state index >= 15 is 0 Å². The van der Waals surface area contributed by atoms with E-state index in [9.17, 15) is 9.59 Å². The first-order chi connectivity index (χ1) is 14.4. The Morgan fingerprint density at radius 1 is 1.10 bits per heavy atom. The maximum atomic E-state index is 12.7. The van der Waals surface area contributed by atoms with Crippen molar-refractivity contribution in [2.45, 2.75) is 13.0 Å². The van der Waals surface area contributed by atoms with Gasteiger partial charge in [0.25, 0.3) is 5.91 Å². The average molecular weight is 406 g/mol. The second kappa shape index (κ2) is 9.37. The first-order valence-electron chi connectivity index (χ1n) is 9.64. The quantitative estimate of drug-likeness (QED) is 0.653. The lowest BCUT2D eigenvalue weighted by Crippen LogP contribution is -2.37. The third-order valence-electron chi connectivity index (χ3n) is 4.90. The second-order valence-corrected chi connectivity index (χ2v) is 7.27. The van der Waals surface area contributed by atoms with Crippen LogP contribution >= 0.6 is 0 Å².